The van der Waals surface area contributed by atoms with Crippen molar-refractivity contribution < 1.29 is 4.79 Å². The molecule has 4 nitrogen and oxygen atoms in total. The maximum absolute atomic E-state index is 10.6. The summed E-state index contributed by atoms with van der Waals surface area (Å²) >= 11 is 0. The van der Waals surface area contributed by atoms with Crippen molar-refractivity contribution in [2.75, 3.05) is 6.54 Å². The Morgan fingerprint density at radius 3 is 2.82 bits per heavy atom. The molecule has 0 bridgehead atoms. The van der Waals surface area contributed by atoms with Gasteiger partial charge in [-0.15, -0.1) is 0 Å². The molecule has 2 N–H and O–H groups in total. The molecular weight excluding hydrogens is 214 g/mol. The number of nitrogens with zero attached hydrogens (tertiary/aromatic N) is 1. The lowest BCUT2D eigenvalue weighted by Crippen LogP contribution is -2.23. The lowest BCUT2D eigenvalue weighted by atomic mass is 10.0. The molecule has 2 heterocycles. The van der Waals surface area contributed by atoms with Crippen LogP contribution in [0.1, 0.15) is 21.6 Å². The van der Waals surface area contributed by atoms with Crippen molar-refractivity contribution in [1.29, 1.82) is 0 Å². The Morgan fingerprint density at radius 2 is 2.06 bits per heavy atom. The second-order valence-corrected chi connectivity index (χ2v) is 4.20. The number of aromatic nitrogens is 2. The topological polar surface area (TPSA) is 57.8 Å². The molecule has 0 radical (unpaired) electrons. The van der Waals surface area contributed by atoms with Gasteiger partial charge >= 0.3 is 0 Å². The van der Waals surface area contributed by atoms with E-state index in [1.165, 1.54) is 11.3 Å². The Morgan fingerprint density at radius 1 is 1.24 bits per heavy atom. The van der Waals surface area contributed by atoms with Gasteiger partial charge in [0.15, 0.2) is 0 Å². The fourth-order valence-corrected chi connectivity index (χ4v) is 2.18. The number of benzene rings is 1. The van der Waals surface area contributed by atoms with Crippen molar-refractivity contribution in [1.82, 2.24) is 15.5 Å². The van der Waals surface area contributed by atoms with Gasteiger partial charge in [-0.1, -0.05) is 24.3 Å². The van der Waals surface area contributed by atoms with Crippen molar-refractivity contribution >= 4 is 6.29 Å². The van der Waals surface area contributed by atoms with Crippen LogP contribution in [0.3, 0.4) is 0 Å². The summed E-state index contributed by atoms with van der Waals surface area (Å²) < 4.78 is 0. The van der Waals surface area contributed by atoms with Crippen LogP contribution >= 0.6 is 0 Å². The maximum atomic E-state index is 10.6. The summed E-state index contributed by atoms with van der Waals surface area (Å²) in [4.78, 5) is 10.6. The van der Waals surface area contributed by atoms with Gasteiger partial charge in [-0.05, 0) is 0 Å². The van der Waals surface area contributed by atoms with Crippen molar-refractivity contribution in [2.24, 2.45) is 0 Å². The first-order valence-corrected chi connectivity index (χ1v) is 5.71. The lowest BCUT2D eigenvalue weighted by Gasteiger charge is -2.12. The fourth-order valence-electron chi connectivity index (χ4n) is 2.18. The van der Waals surface area contributed by atoms with Gasteiger partial charge in [-0.2, -0.15) is 5.10 Å². The molecule has 0 saturated carbocycles. The highest BCUT2D eigenvalue weighted by Crippen LogP contribution is 2.25. The largest absolute Gasteiger partial charge is 0.312 e. The molecule has 0 saturated heterocycles. The number of hydrogen-bond acceptors (Lipinski definition) is 3. The Labute approximate surface area is 99.1 Å². The number of nitrogens with one attached hydrogen (secondary N) is 2. The van der Waals surface area contributed by atoms with E-state index in [0.717, 1.165) is 37.1 Å². The fraction of sp³-hybridized carbons (Fsp3) is 0.231. The Balaban J connectivity index is 2.02. The monoisotopic (exact) mass is 227 g/mol. The number of fused-ring (bicyclic) bond motifs is 1. The minimum atomic E-state index is 0.691. The van der Waals surface area contributed by atoms with E-state index in [1.807, 2.05) is 24.3 Å². The molecule has 1 aliphatic heterocycles. The average Bonchev–Trinajstić information content (AvgIpc) is 2.83. The van der Waals surface area contributed by atoms with Crippen molar-refractivity contribution in [3.05, 3.63) is 41.1 Å². The van der Waals surface area contributed by atoms with E-state index in [-0.39, 0.29) is 0 Å². The minimum absolute atomic E-state index is 0.691. The van der Waals surface area contributed by atoms with Gasteiger partial charge in [-0.25, -0.2) is 0 Å². The minimum Gasteiger partial charge on any atom is -0.312 e. The molecule has 0 unspecified atom stereocenters. The van der Waals surface area contributed by atoms with Gasteiger partial charge in [-0.3, -0.25) is 9.89 Å². The second-order valence-electron chi connectivity index (χ2n) is 4.20. The maximum Gasteiger partial charge on any atom is 0.150 e. The first-order valence-electron chi connectivity index (χ1n) is 5.71. The molecule has 17 heavy (non-hydrogen) atoms. The van der Waals surface area contributed by atoms with Crippen molar-refractivity contribution in [2.45, 2.75) is 13.0 Å². The summed E-state index contributed by atoms with van der Waals surface area (Å²) in [5, 5.41) is 10.8. The van der Waals surface area contributed by atoms with Crippen LogP contribution in [0, 0.1) is 0 Å². The van der Waals surface area contributed by atoms with Crippen LogP contribution in [0.5, 0.6) is 0 Å². The molecule has 1 aliphatic rings. The summed E-state index contributed by atoms with van der Waals surface area (Å²) in [5.41, 5.74) is 5.20. The molecule has 86 valence electrons. The molecule has 0 aliphatic carbocycles. The van der Waals surface area contributed by atoms with Crippen LogP contribution in [0.15, 0.2) is 24.3 Å². The van der Waals surface area contributed by atoms with Crippen LogP contribution in [-0.4, -0.2) is 23.0 Å². The first kappa shape index (κ1) is 10.2. The lowest BCUT2D eigenvalue weighted by molar-refractivity contribution is 0.112. The molecule has 1 aromatic carbocycles. The zero-order valence-electron chi connectivity index (χ0n) is 9.36. The van der Waals surface area contributed by atoms with Crippen LogP contribution in [0.25, 0.3) is 11.3 Å². The van der Waals surface area contributed by atoms with E-state index in [0.29, 0.717) is 5.56 Å². The molecular formula is C13H13N3O. The number of aldehydes is 1. The molecule has 4 heteroatoms. The quantitative estimate of drug-likeness (QED) is 0.765. The molecule has 0 spiro atoms. The Bertz CT molecular complexity index is 542. The van der Waals surface area contributed by atoms with E-state index in [9.17, 15) is 4.79 Å². The van der Waals surface area contributed by atoms with E-state index in [4.69, 9.17) is 0 Å². The third-order valence-corrected chi connectivity index (χ3v) is 3.13. The van der Waals surface area contributed by atoms with Gasteiger partial charge in [0, 0.05) is 41.9 Å². The zero-order valence-corrected chi connectivity index (χ0v) is 9.36. The normalized spacial score (nSPS) is 14.4. The van der Waals surface area contributed by atoms with Gasteiger partial charge in [0.1, 0.15) is 6.29 Å². The molecule has 0 atom stereocenters. The van der Waals surface area contributed by atoms with E-state index >= 15 is 0 Å². The van der Waals surface area contributed by atoms with Gasteiger partial charge < -0.3 is 5.32 Å². The summed E-state index contributed by atoms with van der Waals surface area (Å²) in [6.07, 6.45) is 1.85. The van der Waals surface area contributed by atoms with E-state index in [1.54, 1.807) is 0 Å². The molecule has 0 fully saturated rings. The number of hydrogen-bond donors (Lipinski definition) is 2. The second kappa shape index (κ2) is 4.14. The van der Waals surface area contributed by atoms with E-state index in [2.05, 4.69) is 15.5 Å². The average molecular weight is 227 g/mol. The predicted molar refractivity (Wildman–Crippen MR) is 64.8 cm³/mol. The predicted octanol–water partition coefficient (Wildman–Crippen LogP) is 1.53. The van der Waals surface area contributed by atoms with Crippen LogP contribution in [0.4, 0.5) is 0 Å². The van der Waals surface area contributed by atoms with Crippen LogP contribution < -0.4 is 5.32 Å². The summed E-state index contributed by atoms with van der Waals surface area (Å²) in [7, 11) is 0. The van der Waals surface area contributed by atoms with Crippen LogP contribution in [-0.2, 0) is 13.0 Å². The smallest absolute Gasteiger partial charge is 0.150 e. The third-order valence-electron chi connectivity index (χ3n) is 3.13. The number of carbonyl (C=O) groups is 1. The summed E-state index contributed by atoms with van der Waals surface area (Å²) in [6, 6.07) is 7.52. The first-order chi connectivity index (χ1) is 8.38. The third kappa shape index (κ3) is 1.76. The molecule has 1 aromatic heterocycles. The molecule has 2 aromatic rings. The number of H-pyrrole nitrogens is 1. The van der Waals surface area contributed by atoms with Crippen LogP contribution in [0.2, 0.25) is 0 Å². The number of rotatable bonds is 2. The van der Waals surface area contributed by atoms with E-state index < -0.39 is 0 Å². The highest BCUT2D eigenvalue weighted by Gasteiger charge is 2.17. The highest BCUT2D eigenvalue weighted by atomic mass is 16.1. The summed E-state index contributed by atoms with van der Waals surface area (Å²) in [5.74, 6) is 0. The molecule has 0 amide bonds. The summed E-state index contributed by atoms with van der Waals surface area (Å²) in [6.45, 7) is 1.86. The SMILES string of the molecule is O=Cc1ccc(-c2n[nH]c3c2CNCC3)cc1. The van der Waals surface area contributed by atoms with Gasteiger partial charge in [0.2, 0.25) is 0 Å². The zero-order chi connectivity index (χ0) is 11.7. The number of carbonyl (C=O) groups excluding carboxylic acids is 1. The van der Waals surface area contributed by atoms with Crippen molar-refractivity contribution in [3.63, 3.8) is 0 Å². The van der Waals surface area contributed by atoms with Crippen molar-refractivity contribution in [3.8, 4) is 11.3 Å². The highest BCUT2D eigenvalue weighted by molar-refractivity contribution is 5.76. The Kier molecular flexibility index (Phi) is 2.49. The molecule has 3 rings (SSSR count). The van der Waals surface area contributed by atoms with Gasteiger partial charge in [0.05, 0.1) is 5.69 Å². The standard InChI is InChI=1S/C13H13N3O/c17-8-9-1-3-10(4-2-9)13-11-7-14-6-5-12(11)15-16-13/h1-4,8,14H,5-7H2,(H,15,16). The number of aromatic amines is 1. The Hall–Kier alpha value is -1.94. The van der Waals surface area contributed by atoms with Gasteiger partial charge in [0.25, 0.3) is 0 Å².